The Morgan fingerprint density at radius 1 is 1.22 bits per heavy atom. The Labute approximate surface area is 185 Å². The number of ether oxygens (including phenoxy) is 1. The topological polar surface area (TPSA) is 119 Å². The maximum absolute atomic E-state index is 13.0. The number of hydrogen-bond acceptors (Lipinski definition) is 7. The van der Waals surface area contributed by atoms with Crippen LogP contribution in [0.4, 0.5) is 5.69 Å². The lowest BCUT2D eigenvalue weighted by atomic mass is 10.1. The van der Waals surface area contributed by atoms with Crippen molar-refractivity contribution in [3.63, 3.8) is 0 Å². The number of nitrogens with one attached hydrogen (secondary N) is 2. The predicted molar refractivity (Wildman–Crippen MR) is 119 cm³/mol. The van der Waals surface area contributed by atoms with Gasteiger partial charge in [0.05, 0.1) is 28.4 Å². The number of carbonyl (C=O) groups excluding carboxylic acids is 1. The molecule has 0 saturated carbocycles. The van der Waals surface area contributed by atoms with Crippen LogP contribution in [0.3, 0.4) is 0 Å². The van der Waals surface area contributed by atoms with Crippen LogP contribution in [0.2, 0.25) is 0 Å². The smallest absolute Gasteiger partial charge is 0.257 e. The van der Waals surface area contributed by atoms with Crippen LogP contribution in [0.5, 0.6) is 0 Å². The molecule has 2 aromatic heterocycles. The second kappa shape index (κ2) is 9.03. The molecule has 3 aromatic rings. The van der Waals surface area contributed by atoms with Gasteiger partial charge in [0.15, 0.2) is 9.84 Å². The van der Waals surface area contributed by atoms with Crippen molar-refractivity contribution in [3.05, 3.63) is 82.5 Å². The van der Waals surface area contributed by atoms with Crippen LogP contribution in [0.15, 0.2) is 70.6 Å². The molecule has 1 aliphatic heterocycles. The Kier molecular flexibility index (Phi) is 6.17. The third kappa shape index (κ3) is 4.77. The minimum absolute atomic E-state index is 0.0813. The highest BCUT2D eigenvalue weighted by Crippen LogP contribution is 2.24. The normalized spacial score (nSPS) is 16.5. The standard InChI is InChI=1S/C22H22N4O5S/c1-32(29,30)17-5-2-4-16(12-17)26-14-15(7-8-20(26)27)22(28)25-18-6-3-9-24-21(18)19-13-23-10-11-31-19/h2-9,12,14,19,23H,10-11,13H2,1H3,(H,25,28). The van der Waals surface area contributed by atoms with Crippen molar-refractivity contribution < 1.29 is 17.9 Å². The van der Waals surface area contributed by atoms with Gasteiger partial charge in [-0.15, -0.1) is 0 Å². The van der Waals surface area contributed by atoms with Crippen molar-refractivity contribution in [2.75, 3.05) is 31.3 Å². The highest BCUT2D eigenvalue weighted by molar-refractivity contribution is 7.90. The van der Waals surface area contributed by atoms with Gasteiger partial charge in [-0.05, 0) is 36.4 Å². The molecule has 1 atom stereocenters. The van der Waals surface area contributed by atoms with E-state index >= 15 is 0 Å². The minimum Gasteiger partial charge on any atom is -0.369 e. The Hall–Kier alpha value is -3.34. The van der Waals surface area contributed by atoms with Crippen LogP contribution in [0, 0.1) is 0 Å². The van der Waals surface area contributed by atoms with Gasteiger partial charge >= 0.3 is 0 Å². The first-order valence-corrected chi connectivity index (χ1v) is 11.8. The molecule has 1 amide bonds. The number of carbonyl (C=O) groups is 1. The van der Waals surface area contributed by atoms with Crippen LogP contribution < -0.4 is 16.2 Å². The molecule has 9 nitrogen and oxygen atoms in total. The van der Waals surface area contributed by atoms with Crippen molar-refractivity contribution in [2.45, 2.75) is 11.0 Å². The van der Waals surface area contributed by atoms with E-state index in [4.69, 9.17) is 4.74 Å². The summed E-state index contributed by atoms with van der Waals surface area (Å²) in [6, 6.07) is 12.1. The lowest BCUT2D eigenvalue weighted by Gasteiger charge is -2.24. The van der Waals surface area contributed by atoms with Gasteiger partial charge in [-0.25, -0.2) is 8.42 Å². The Bertz CT molecular complexity index is 1310. The third-order valence-electron chi connectivity index (χ3n) is 5.02. The first kappa shape index (κ1) is 21.9. The maximum Gasteiger partial charge on any atom is 0.257 e. The number of benzene rings is 1. The molecule has 3 heterocycles. The van der Waals surface area contributed by atoms with Gasteiger partial charge in [-0.3, -0.25) is 19.1 Å². The molecule has 2 N–H and O–H groups in total. The van der Waals surface area contributed by atoms with Gasteiger partial charge in [0.25, 0.3) is 11.5 Å². The second-order valence-electron chi connectivity index (χ2n) is 7.35. The van der Waals surface area contributed by atoms with E-state index in [0.29, 0.717) is 30.2 Å². The molecule has 1 aliphatic rings. The largest absolute Gasteiger partial charge is 0.369 e. The fourth-order valence-corrected chi connectivity index (χ4v) is 4.06. The zero-order chi connectivity index (χ0) is 22.7. The monoisotopic (exact) mass is 454 g/mol. The summed E-state index contributed by atoms with van der Waals surface area (Å²) in [6.45, 7) is 1.89. The molecule has 4 rings (SSSR count). The lowest BCUT2D eigenvalue weighted by molar-refractivity contribution is 0.0255. The Morgan fingerprint density at radius 3 is 2.81 bits per heavy atom. The molecular weight excluding hydrogens is 432 g/mol. The zero-order valence-electron chi connectivity index (χ0n) is 17.3. The summed E-state index contributed by atoms with van der Waals surface area (Å²) >= 11 is 0. The van der Waals surface area contributed by atoms with Crippen molar-refractivity contribution >= 4 is 21.4 Å². The SMILES string of the molecule is CS(=O)(=O)c1cccc(-n2cc(C(=O)Nc3cccnc3C3CNCCO3)ccc2=O)c1. The number of hydrogen-bond donors (Lipinski definition) is 2. The average Bonchev–Trinajstić information content (AvgIpc) is 2.80. The van der Waals surface area contributed by atoms with E-state index in [-0.39, 0.29) is 16.6 Å². The number of sulfone groups is 1. The number of aromatic nitrogens is 2. The number of rotatable bonds is 5. The summed E-state index contributed by atoms with van der Waals surface area (Å²) in [5.41, 5.74) is 1.31. The first-order valence-electron chi connectivity index (χ1n) is 9.95. The molecular formula is C22H22N4O5S. The molecule has 0 spiro atoms. The average molecular weight is 455 g/mol. The van der Waals surface area contributed by atoms with E-state index in [1.54, 1.807) is 30.5 Å². The number of amides is 1. The van der Waals surface area contributed by atoms with Gasteiger partial charge in [0, 0.05) is 43.5 Å². The van der Waals surface area contributed by atoms with E-state index in [2.05, 4.69) is 15.6 Å². The number of pyridine rings is 2. The summed E-state index contributed by atoms with van der Waals surface area (Å²) < 4.78 is 30.7. The van der Waals surface area contributed by atoms with E-state index in [1.807, 2.05) is 0 Å². The van der Waals surface area contributed by atoms with Gasteiger partial charge in [-0.2, -0.15) is 0 Å². The highest BCUT2D eigenvalue weighted by Gasteiger charge is 2.21. The van der Waals surface area contributed by atoms with Crippen LogP contribution in [-0.2, 0) is 14.6 Å². The molecule has 0 radical (unpaired) electrons. The maximum atomic E-state index is 13.0. The molecule has 1 fully saturated rings. The fraction of sp³-hybridized carbons (Fsp3) is 0.227. The van der Waals surface area contributed by atoms with E-state index < -0.39 is 21.3 Å². The fourth-order valence-electron chi connectivity index (χ4n) is 3.40. The molecule has 1 aromatic carbocycles. The van der Waals surface area contributed by atoms with Crippen LogP contribution in [0.1, 0.15) is 22.2 Å². The second-order valence-corrected chi connectivity index (χ2v) is 9.37. The molecule has 0 bridgehead atoms. The van der Waals surface area contributed by atoms with Crippen molar-refractivity contribution in [2.24, 2.45) is 0 Å². The van der Waals surface area contributed by atoms with Gasteiger partial charge in [0.1, 0.15) is 6.10 Å². The summed E-state index contributed by atoms with van der Waals surface area (Å²) in [5.74, 6) is -0.434. The van der Waals surface area contributed by atoms with Gasteiger partial charge in [-0.1, -0.05) is 6.07 Å². The molecule has 166 valence electrons. The summed E-state index contributed by atoms with van der Waals surface area (Å²) in [5, 5.41) is 6.07. The van der Waals surface area contributed by atoms with E-state index in [1.165, 1.54) is 35.0 Å². The zero-order valence-corrected chi connectivity index (χ0v) is 18.1. The lowest BCUT2D eigenvalue weighted by Crippen LogP contribution is -2.34. The Balaban J connectivity index is 1.64. The molecule has 0 aliphatic carbocycles. The van der Waals surface area contributed by atoms with E-state index in [0.717, 1.165) is 12.8 Å². The van der Waals surface area contributed by atoms with Gasteiger partial charge < -0.3 is 15.4 Å². The number of morpholine rings is 1. The summed E-state index contributed by atoms with van der Waals surface area (Å²) in [4.78, 5) is 29.8. The summed E-state index contributed by atoms with van der Waals surface area (Å²) in [7, 11) is -3.45. The highest BCUT2D eigenvalue weighted by atomic mass is 32.2. The summed E-state index contributed by atoms with van der Waals surface area (Å²) in [6.07, 6.45) is 3.83. The van der Waals surface area contributed by atoms with Crippen molar-refractivity contribution in [1.29, 1.82) is 0 Å². The number of nitrogens with zero attached hydrogens (tertiary/aromatic N) is 2. The van der Waals surface area contributed by atoms with Crippen LogP contribution >= 0.6 is 0 Å². The Morgan fingerprint density at radius 2 is 2.06 bits per heavy atom. The number of anilines is 1. The quantitative estimate of drug-likeness (QED) is 0.600. The molecule has 1 unspecified atom stereocenters. The van der Waals surface area contributed by atoms with Gasteiger partial charge in [0.2, 0.25) is 0 Å². The van der Waals surface area contributed by atoms with Crippen molar-refractivity contribution in [3.8, 4) is 5.69 Å². The van der Waals surface area contributed by atoms with Crippen LogP contribution in [-0.4, -0.2) is 49.8 Å². The first-order chi connectivity index (χ1) is 15.3. The van der Waals surface area contributed by atoms with E-state index in [9.17, 15) is 18.0 Å². The molecule has 32 heavy (non-hydrogen) atoms. The molecule has 1 saturated heterocycles. The third-order valence-corrected chi connectivity index (χ3v) is 6.13. The predicted octanol–water partition coefficient (Wildman–Crippen LogP) is 1.55. The molecule has 10 heteroatoms. The van der Waals surface area contributed by atoms with Crippen LogP contribution in [0.25, 0.3) is 5.69 Å². The van der Waals surface area contributed by atoms with Crippen molar-refractivity contribution in [1.82, 2.24) is 14.9 Å². The minimum atomic E-state index is -3.45.